The van der Waals surface area contributed by atoms with E-state index in [1.807, 2.05) is 24.0 Å². The second-order valence-corrected chi connectivity index (χ2v) is 7.69. The van der Waals surface area contributed by atoms with Gasteiger partial charge < -0.3 is 9.47 Å². The highest BCUT2D eigenvalue weighted by Crippen LogP contribution is 2.47. The number of pyridine rings is 1. The van der Waals surface area contributed by atoms with Crippen LogP contribution in [0.25, 0.3) is 0 Å². The van der Waals surface area contributed by atoms with E-state index < -0.39 is 0 Å². The summed E-state index contributed by atoms with van der Waals surface area (Å²) in [5.41, 5.74) is 3.74. The lowest BCUT2D eigenvalue weighted by molar-refractivity contribution is 0.306. The predicted molar refractivity (Wildman–Crippen MR) is 95.8 cm³/mol. The van der Waals surface area contributed by atoms with Gasteiger partial charge in [0.2, 0.25) is 0 Å². The van der Waals surface area contributed by atoms with Gasteiger partial charge in [0.15, 0.2) is 5.17 Å². The molecule has 4 heterocycles. The topological polar surface area (TPSA) is 33.4 Å². The maximum absolute atomic E-state index is 5.04. The molecule has 23 heavy (non-hydrogen) atoms. The van der Waals surface area contributed by atoms with E-state index in [1.54, 1.807) is 0 Å². The van der Waals surface area contributed by atoms with Gasteiger partial charge in [0.25, 0.3) is 0 Å². The van der Waals surface area contributed by atoms with Crippen LogP contribution in [-0.2, 0) is 6.54 Å². The Morgan fingerprint density at radius 1 is 1.26 bits per heavy atom. The number of aryl methyl sites for hydroxylation is 1. The van der Waals surface area contributed by atoms with Crippen LogP contribution in [-0.4, -0.2) is 31.4 Å². The van der Waals surface area contributed by atoms with Crippen molar-refractivity contribution in [1.82, 2.24) is 14.5 Å². The largest absolute Gasteiger partial charge is 0.347 e. The number of fused-ring (bicyclic) bond motifs is 1. The fraction of sp³-hybridized carbons (Fsp3) is 0.444. The van der Waals surface area contributed by atoms with E-state index in [1.165, 1.54) is 16.6 Å². The van der Waals surface area contributed by atoms with Crippen molar-refractivity contribution in [3.8, 4) is 0 Å². The normalized spacial score (nSPS) is 26.5. The number of aromatic nitrogens is 2. The molecule has 0 radical (unpaired) electrons. The van der Waals surface area contributed by atoms with E-state index in [0.717, 1.165) is 18.8 Å². The molecule has 2 aliphatic rings. The summed E-state index contributed by atoms with van der Waals surface area (Å²) in [4.78, 5) is 12.1. The first-order valence-corrected chi connectivity index (χ1v) is 9.15. The van der Waals surface area contributed by atoms with Crippen LogP contribution in [0.5, 0.6) is 0 Å². The lowest BCUT2D eigenvalue weighted by Gasteiger charge is -2.28. The van der Waals surface area contributed by atoms with E-state index in [2.05, 4.69) is 59.5 Å². The number of nitrogens with zero attached hydrogens (tertiary/aromatic N) is 4. The van der Waals surface area contributed by atoms with Crippen molar-refractivity contribution in [3.05, 3.63) is 53.6 Å². The van der Waals surface area contributed by atoms with Gasteiger partial charge in [0, 0.05) is 35.9 Å². The minimum atomic E-state index is 0.0887. The molecular formula is C18H22N4S. The molecular weight excluding hydrogens is 304 g/mol. The molecule has 2 aliphatic heterocycles. The van der Waals surface area contributed by atoms with Crippen LogP contribution in [0.15, 0.2) is 41.5 Å². The zero-order chi connectivity index (χ0) is 16.0. The van der Waals surface area contributed by atoms with Crippen molar-refractivity contribution in [2.24, 2.45) is 4.99 Å². The fourth-order valence-electron chi connectivity index (χ4n) is 3.72. The maximum Gasteiger partial charge on any atom is 0.160 e. The molecule has 0 unspecified atom stereocenters. The first-order chi connectivity index (χ1) is 11.2. The first-order valence-electron chi connectivity index (χ1n) is 8.27. The van der Waals surface area contributed by atoms with Gasteiger partial charge in [-0.05, 0) is 38.1 Å². The van der Waals surface area contributed by atoms with Crippen LogP contribution in [0.1, 0.15) is 43.0 Å². The van der Waals surface area contributed by atoms with E-state index in [0.29, 0.717) is 5.25 Å². The monoisotopic (exact) mass is 326 g/mol. The number of thioether (sulfide) groups is 1. The lowest BCUT2D eigenvalue weighted by atomic mass is 10.0. The Hall–Kier alpha value is -1.75. The molecule has 0 aromatic carbocycles. The number of hydrogen-bond donors (Lipinski definition) is 0. The molecule has 0 amide bonds. The Morgan fingerprint density at radius 3 is 2.87 bits per heavy atom. The second kappa shape index (κ2) is 5.71. The SMILES string of the molecule is CCn1c(C)ccc1[C@@H]1[C@H](c2ccccn2)N=C2S[C@H](C)CN21. The summed E-state index contributed by atoms with van der Waals surface area (Å²) in [7, 11) is 0. The molecule has 4 rings (SSSR count). The maximum atomic E-state index is 5.04. The van der Waals surface area contributed by atoms with Gasteiger partial charge in [-0.1, -0.05) is 24.8 Å². The third-order valence-electron chi connectivity index (χ3n) is 4.73. The summed E-state index contributed by atoms with van der Waals surface area (Å²) < 4.78 is 2.41. The third kappa shape index (κ3) is 2.38. The molecule has 0 saturated carbocycles. The zero-order valence-electron chi connectivity index (χ0n) is 13.8. The molecule has 0 spiro atoms. The second-order valence-electron chi connectivity index (χ2n) is 6.28. The minimum Gasteiger partial charge on any atom is -0.347 e. The highest BCUT2D eigenvalue weighted by atomic mass is 32.2. The molecule has 0 N–H and O–H groups in total. The van der Waals surface area contributed by atoms with Crippen LogP contribution in [0, 0.1) is 6.92 Å². The van der Waals surface area contributed by atoms with Gasteiger partial charge in [-0.15, -0.1) is 0 Å². The van der Waals surface area contributed by atoms with Gasteiger partial charge >= 0.3 is 0 Å². The van der Waals surface area contributed by atoms with Gasteiger partial charge in [-0.2, -0.15) is 0 Å². The minimum absolute atomic E-state index is 0.0887. The summed E-state index contributed by atoms with van der Waals surface area (Å²) in [5, 5.41) is 1.78. The Bertz CT molecular complexity index is 737. The molecule has 2 aromatic heterocycles. The molecule has 4 nitrogen and oxygen atoms in total. The van der Waals surface area contributed by atoms with Gasteiger partial charge in [-0.3, -0.25) is 9.98 Å². The summed E-state index contributed by atoms with van der Waals surface area (Å²) in [6, 6.07) is 11.0. The number of hydrogen-bond acceptors (Lipinski definition) is 4. The van der Waals surface area contributed by atoms with Crippen LogP contribution < -0.4 is 0 Å². The molecule has 120 valence electrons. The van der Waals surface area contributed by atoms with Crippen molar-refractivity contribution < 1.29 is 0 Å². The van der Waals surface area contributed by atoms with Crippen LogP contribution in [0.3, 0.4) is 0 Å². The fourth-order valence-corrected chi connectivity index (χ4v) is 4.81. The number of rotatable bonds is 3. The van der Waals surface area contributed by atoms with E-state index in [4.69, 9.17) is 4.99 Å². The molecule has 0 bridgehead atoms. The van der Waals surface area contributed by atoms with Crippen molar-refractivity contribution in [2.75, 3.05) is 6.54 Å². The van der Waals surface area contributed by atoms with Crippen molar-refractivity contribution in [1.29, 1.82) is 0 Å². The van der Waals surface area contributed by atoms with Crippen LogP contribution >= 0.6 is 11.8 Å². The van der Waals surface area contributed by atoms with Gasteiger partial charge in [-0.25, -0.2) is 0 Å². The molecule has 2 aromatic rings. The number of aliphatic imine (C=N–C) groups is 1. The Morgan fingerprint density at radius 2 is 2.13 bits per heavy atom. The lowest BCUT2D eigenvalue weighted by Crippen LogP contribution is -2.30. The standard InChI is InChI=1S/C18H22N4S/c1-4-21-12(2)8-9-15(21)17-16(14-7-5-6-10-19-14)20-18-22(17)11-13(3)23-18/h5-10,13,16-17H,4,11H2,1-3H3/t13-,16+,17-/m1/s1. The average Bonchev–Trinajstić information content (AvgIpc) is 3.19. The quantitative estimate of drug-likeness (QED) is 0.860. The van der Waals surface area contributed by atoms with Crippen molar-refractivity contribution >= 4 is 16.9 Å². The highest BCUT2D eigenvalue weighted by molar-refractivity contribution is 8.14. The Labute approximate surface area is 141 Å². The van der Waals surface area contributed by atoms with E-state index >= 15 is 0 Å². The molecule has 0 aliphatic carbocycles. The Kier molecular flexibility index (Phi) is 3.68. The molecule has 5 heteroatoms. The highest BCUT2D eigenvalue weighted by Gasteiger charge is 2.44. The van der Waals surface area contributed by atoms with Crippen LogP contribution in [0.2, 0.25) is 0 Å². The summed E-state index contributed by atoms with van der Waals surface area (Å²) in [6.45, 7) is 8.73. The summed E-state index contributed by atoms with van der Waals surface area (Å²) >= 11 is 1.89. The number of amidine groups is 1. The van der Waals surface area contributed by atoms with E-state index in [9.17, 15) is 0 Å². The molecule has 1 fully saturated rings. The smallest absolute Gasteiger partial charge is 0.160 e. The van der Waals surface area contributed by atoms with Crippen molar-refractivity contribution in [2.45, 2.75) is 44.6 Å². The van der Waals surface area contributed by atoms with Crippen LogP contribution in [0.4, 0.5) is 0 Å². The van der Waals surface area contributed by atoms with Gasteiger partial charge in [0.1, 0.15) is 6.04 Å². The predicted octanol–water partition coefficient (Wildman–Crippen LogP) is 3.80. The molecule has 3 atom stereocenters. The van der Waals surface area contributed by atoms with E-state index in [-0.39, 0.29) is 12.1 Å². The Balaban J connectivity index is 1.81. The average molecular weight is 326 g/mol. The zero-order valence-corrected chi connectivity index (χ0v) is 14.6. The van der Waals surface area contributed by atoms with Gasteiger partial charge in [0.05, 0.1) is 11.7 Å². The third-order valence-corrected chi connectivity index (χ3v) is 5.84. The molecule has 1 saturated heterocycles. The summed E-state index contributed by atoms with van der Waals surface area (Å²) in [6.07, 6.45) is 1.87. The first kappa shape index (κ1) is 14.8. The van der Waals surface area contributed by atoms with Crippen molar-refractivity contribution in [3.63, 3.8) is 0 Å². The summed E-state index contributed by atoms with van der Waals surface area (Å²) in [5.74, 6) is 0.